The molecule has 4 heteroatoms. The minimum atomic E-state index is -0.342. The van der Waals surface area contributed by atoms with Gasteiger partial charge in [0.05, 0.1) is 5.69 Å². The minimum Gasteiger partial charge on any atom is -0.446 e. The van der Waals surface area contributed by atoms with Gasteiger partial charge in [-0.2, -0.15) is 0 Å². The van der Waals surface area contributed by atoms with Gasteiger partial charge in [-0.3, -0.25) is 0 Å². The van der Waals surface area contributed by atoms with Gasteiger partial charge < -0.3 is 14.9 Å². The van der Waals surface area contributed by atoms with E-state index < -0.39 is 0 Å². The molecule has 0 spiro atoms. The molecule has 0 aliphatic carbocycles. The minimum absolute atomic E-state index is 0.342. The first-order valence-corrected chi connectivity index (χ1v) is 5.03. The summed E-state index contributed by atoms with van der Waals surface area (Å²) in [6.07, 6.45) is 4.87. The normalized spacial score (nSPS) is 27.9. The summed E-state index contributed by atoms with van der Waals surface area (Å²) in [6, 6.07) is 0. The number of rotatable bonds is 2. The average molecular weight is 196 g/mol. The van der Waals surface area contributed by atoms with Gasteiger partial charge in [-0.1, -0.05) is 0 Å². The van der Waals surface area contributed by atoms with Crippen molar-refractivity contribution in [1.82, 2.24) is 4.98 Å². The molecule has 0 aromatic carbocycles. The molecule has 1 aromatic rings. The molecule has 1 atom stereocenters. The molecule has 2 N–H and O–H groups in total. The number of ether oxygens (including phenoxy) is 1. The molecule has 14 heavy (non-hydrogen) atoms. The molecule has 1 aromatic heterocycles. The Hall–Kier alpha value is -0.870. The van der Waals surface area contributed by atoms with Crippen LogP contribution in [0, 0.1) is 0 Å². The third-order valence-corrected chi connectivity index (χ3v) is 2.68. The second-order valence-corrected chi connectivity index (χ2v) is 3.88. The zero-order chi connectivity index (χ0) is 10.0. The molecule has 0 bridgehead atoms. The summed E-state index contributed by atoms with van der Waals surface area (Å²) >= 11 is 0. The van der Waals surface area contributed by atoms with Crippen molar-refractivity contribution in [3.63, 3.8) is 0 Å². The highest BCUT2D eigenvalue weighted by molar-refractivity contribution is 5.03. The van der Waals surface area contributed by atoms with Crippen LogP contribution in [0.3, 0.4) is 0 Å². The molecule has 1 aliphatic heterocycles. The average Bonchev–Trinajstić information content (AvgIpc) is 2.67. The van der Waals surface area contributed by atoms with Gasteiger partial charge in [0.15, 0.2) is 0 Å². The summed E-state index contributed by atoms with van der Waals surface area (Å²) in [6.45, 7) is 3.23. The van der Waals surface area contributed by atoms with E-state index in [0.29, 0.717) is 12.4 Å². The van der Waals surface area contributed by atoms with Gasteiger partial charge in [0.1, 0.15) is 11.9 Å². The van der Waals surface area contributed by atoms with Crippen molar-refractivity contribution in [2.45, 2.75) is 38.3 Å². The summed E-state index contributed by atoms with van der Waals surface area (Å²) in [5.41, 5.74) is 5.92. The van der Waals surface area contributed by atoms with Gasteiger partial charge in [0, 0.05) is 13.2 Å². The Labute approximate surface area is 83.4 Å². The molecule has 78 valence electrons. The fourth-order valence-electron chi connectivity index (χ4n) is 1.75. The third-order valence-electron chi connectivity index (χ3n) is 2.68. The molecular weight excluding hydrogens is 180 g/mol. The van der Waals surface area contributed by atoms with Crippen LogP contribution in [-0.4, -0.2) is 11.6 Å². The van der Waals surface area contributed by atoms with E-state index in [1.54, 1.807) is 6.26 Å². The van der Waals surface area contributed by atoms with E-state index in [-0.39, 0.29) is 5.60 Å². The third kappa shape index (κ3) is 1.67. The van der Waals surface area contributed by atoms with Crippen LogP contribution in [0.5, 0.6) is 0 Å². The number of nitrogens with zero attached hydrogens (tertiary/aromatic N) is 1. The standard InChI is InChI=1S/C10H16N2O2/c1-10(4-2-3-5-14-10)9-12-8(6-11)7-13-9/h7H,2-6,11H2,1H3. The molecule has 2 heterocycles. The van der Waals surface area contributed by atoms with E-state index in [9.17, 15) is 0 Å². The molecule has 0 amide bonds. The van der Waals surface area contributed by atoms with E-state index in [1.807, 2.05) is 6.92 Å². The maximum Gasteiger partial charge on any atom is 0.226 e. The van der Waals surface area contributed by atoms with Crippen molar-refractivity contribution < 1.29 is 9.15 Å². The maximum atomic E-state index is 5.71. The SMILES string of the molecule is CC1(c2nc(CN)co2)CCCCO1. The van der Waals surface area contributed by atoms with Crippen LogP contribution >= 0.6 is 0 Å². The largest absolute Gasteiger partial charge is 0.446 e. The number of hydrogen-bond donors (Lipinski definition) is 1. The highest BCUT2D eigenvalue weighted by Crippen LogP contribution is 2.33. The van der Waals surface area contributed by atoms with Crippen molar-refractivity contribution in [1.29, 1.82) is 0 Å². The van der Waals surface area contributed by atoms with Gasteiger partial charge >= 0.3 is 0 Å². The molecule has 0 saturated carbocycles. The van der Waals surface area contributed by atoms with Gasteiger partial charge in [0.25, 0.3) is 0 Å². The van der Waals surface area contributed by atoms with Crippen LogP contribution in [-0.2, 0) is 16.9 Å². The molecular formula is C10H16N2O2. The summed E-state index contributed by atoms with van der Waals surface area (Å²) < 4.78 is 11.1. The monoisotopic (exact) mass is 196 g/mol. The van der Waals surface area contributed by atoms with E-state index in [4.69, 9.17) is 14.9 Å². The number of nitrogens with two attached hydrogens (primary N) is 1. The summed E-state index contributed by atoms with van der Waals surface area (Å²) in [5.74, 6) is 0.664. The van der Waals surface area contributed by atoms with Crippen LogP contribution in [0.25, 0.3) is 0 Å². The lowest BCUT2D eigenvalue weighted by molar-refractivity contribution is -0.0866. The van der Waals surface area contributed by atoms with Gasteiger partial charge in [-0.25, -0.2) is 4.98 Å². The topological polar surface area (TPSA) is 61.3 Å². The highest BCUT2D eigenvalue weighted by atomic mass is 16.5. The Morgan fingerprint density at radius 2 is 2.43 bits per heavy atom. The zero-order valence-corrected chi connectivity index (χ0v) is 8.45. The van der Waals surface area contributed by atoms with Crippen LogP contribution in [0.2, 0.25) is 0 Å². The molecule has 0 radical (unpaired) electrons. The van der Waals surface area contributed by atoms with Crippen molar-refractivity contribution in [2.75, 3.05) is 6.61 Å². The summed E-state index contributed by atoms with van der Waals surface area (Å²) in [4.78, 5) is 4.31. The lowest BCUT2D eigenvalue weighted by Crippen LogP contribution is -2.30. The zero-order valence-electron chi connectivity index (χ0n) is 8.45. The quantitative estimate of drug-likeness (QED) is 0.779. The smallest absolute Gasteiger partial charge is 0.226 e. The van der Waals surface area contributed by atoms with Gasteiger partial charge in [-0.05, 0) is 26.2 Å². The lowest BCUT2D eigenvalue weighted by atomic mass is 9.96. The van der Waals surface area contributed by atoms with Crippen molar-refractivity contribution in [3.8, 4) is 0 Å². The Bertz CT molecular complexity index is 303. The van der Waals surface area contributed by atoms with Crippen LogP contribution in [0.1, 0.15) is 37.8 Å². The number of aromatic nitrogens is 1. The van der Waals surface area contributed by atoms with Gasteiger partial charge in [-0.15, -0.1) is 0 Å². The predicted molar refractivity (Wildman–Crippen MR) is 51.5 cm³/mol. The molecule has 1 unspecified atom stereocenters. The summed E-state index contributed by atoms with van der Waals surface area (Å²) in [7, 11) is 0. The second kappa shape index (κ2) is 3.71. The van der Waals surface area contributed by atoms with Crippen molar-refractivity contribution in [2.24, 2.45) is 5.73 Å². The first-order valence-electron chi connectivity index (χ1n) is 5.03. The molecule has 1 fully saturated rings. The maximum absolute atomic E-state index is 5.71. The Kier molecular flexibility index (Phi) is 2.56. The first-order chi connectivity index (χ1) is 6.74. The lowest BCUT2D eigenvalue weighted by Gasteiger charge is -2.30. The van der Waals surface area contributed by atoms with Crippen LogP contribution in [0.15, 0.2) is 10.7 Å². The molecule has 1 saturated heterocycles. The molecule has 2 rings (SSSR count). The molecule has 1 aliphatic rings. The van der Waals surface area contributed by atoms with Crippen molar-refractivity contribution >= 4 is 0 Å². The van der Waals surface area contributed by atoms with E-state index in [1.165, 1.54) is 0 Å². The summed E-state index contributed by atoms with van der Waals surface area (Å²) in [5, 5.41) is 0. The van der Waals surface area contributed by atoms with Gasteiger partial charge in [0.2, 0.25) is 5.89 Å². The first kappa shape index (κ1) is 9.68. The number of oxazole rings is 1. The van der Waals surface area contributed by atoms with Crippen LogP contribution in [0.4, 0.5) is 0 Å². The van der Waals surface area contributed by atoms with Crippen molar-refractivity contribution in [3.05, 3.63) is 17.8 Å². The van der Waals surface area contributed by atoms with E-state index in [2.05, 4.69) is 4.98 Å². The fourth-order valence-corrected chi connectivity index (χ4v) is 1.75. The predicted octanol–water partition coefficient (Wildman–Crippen LogP) is 1.55. The van der Waals surface area contributed by atoms with E-state index >= 15 is 0 Å². The Balaban J connectivity index is 2.19. The van der Waals surface area contributed by atoms with Crippen LogP contribution < -0.4 is 5.73 Å². The highest BCUT2D eigenvalue weighted by Gasteiger charge is 2.34. The number of hydrogen-bond acceptors (Lipinski definition) is 4. The Morgan fingerprint density at radius 1 is 1.57 bits per heavy atom. The second-order valence-electron chi connectivity index (χ2n) is 3.88. The Morgan fingerprint density at radius 3 is 3.00 bits per heavy atom. The van der Waals surface area contributed by atoms with E-state index in [0.717, 1.165) is 31.6 Å². The fraction of sp³-hybridized carbons (Fsp3) is 0.700. The molecule has 4 nitrogen and oxygen atoms in total.